The average Bonchev–Trinajstić information content (AvgIpc) is 2.20. The highest BCUT2D eigenvalue weighted by Gasteiger charge is 2.13. The Kier molecular flexibility index (Phi) is 17.0. The van der Waals surface area contributed by atoms with Gasteiger partial charge >= 0.3 is 0 Å². The van der Waals surface area contributed by atoms with E-state index in [1.807, 2.05) is 57.2 Å². The monoisotopic (exact) mass is 492 g/mol. The molecule has 0 heterocycles. The summed E-state index contributed by atoms with van der Waals surface area (Å²) in [5.74, 6) is -0.00745. The molecule has 3 nitrogen and oxygen atoms in total. The summed E-state index contributed by atoms with van der Waals surface area (Å²) in [6, 6.07) is 7.93. The van der Waals surface area contributed by atoms with E-state index in [1.165, 1.54) is 5.56 Å². The summed E-state index contributed by atoms with van der Waals surface area (Å²) >= 11 is 0. The lowest BCUT2D eigenvalue weighted by atomic mass is 9.95. The zero-order valence-electron chi connectivity index (χ0n) is 12.3. The molecule has 1 atom stereocenters. The Morgan fingerprint density at radius 3 is 1.79 bits per heavy atom. The van der Waals surface area contributed by atoms with Crippen LogP contribution in [0.2, 0.25) is 0 Å². The van der Waals surface area contributed by atoms with Crippen molar-refractivity contribution in [1.82, 2.24) is 4.90 Å². The van der Waals surface area contributed by atoms with Crippen LogP contribution in [-0.4, -0.2) is 38.4 Å². The fourth-order valence-electron chi connectivity index (χ4n) is 1.34. The van der Waals surface area contributed by atoms with Crippen LogP contribution in [-0.2, 0) is 4.79 Å². The van der Waals surface area contributed by atoms with Gasteiger partial charge in [-0.15, -0.1) is 48.0 Å². The summed E-state index contributed by atoms with van der Waals surface area (Å²) < 4.78 is 0. The lowest BCUT2D eigenvalue weighted by Crippen LogP contribution is -2.19. The molecule has 0 bridgehead atoms. The Hall–Kier alpha value is 0.270. The number of carbonyl (C=O) groups is 1. The van der Waals surface area contributed by atoms with Crippen molar-refractivity contribution in [3.8, 4) is 0 Å². The van der Waals surface area contributed by atoms with Gasteiger partial charge in [0.25, 0.3) is 0 Å². The van der Waals surface area contributed by atoms with Crippen LogP contribution in [0.25, 0.3) is 0 Å². The van der Waals surface area contributed by atoms with E-state index < -0.39 is 0 Å². The molecule has 19 heavy (non-hydrogen) atoms. The van der Waals surface area contributed by atoms with E-state index in [-0.39, 0.29) is 59.7 Å². The quantitative estimate of drug-likeness (QED) is 0.661. The van der Waals surface area contributed by atoms with E-state index in [0.717, 1.165) is 5.56 Å². The number of nitrogens with two attached hydrogens (primary N) is 1. The Morgan fingerprint density at radius 1 is 1.16 bits per heavy atom. The number of rotatable bonds is 3. The van der Waals surface area contributed by atoms with Crippen molar-refractivity contribution < 1.29 is 4.79 Å². The van der Waals surface area contributed by atoms with Crippen LogP contribution in [0.5, 0.6) is 0 Å². The molecule has 0 aliphatic rings. The molecular formula is C14H26I2N2O. The smallest absolute Gasteiger partial charge is 0.138 e. The fourth-order valence-corrected chi connectivity index (χ4v) is 1.34. The van der Waals surface area contributed by atoms with Gasteiger partial charge in [-0.25, -0.2) is 0 Å². The minimum absolute atomic E-state index is 0. The third-order valence-corrected chi connectivity index (χ3v) is 2.21. The molecule has 1 aromatic rings. The standard InChI is InChI=1S/C11H15NO.C3H9N.2HI/c1-8-3-5-10(6-4-8)11(7-12)9(2)13;1-4(2)3;;/h3-6,11H,7,12H2,1-2H3;1-3H3;2*1H. The van der Waals surface area contributed by atoms with E-state index in [1.54, 1.807) is 6.92 Å². The van der Waals surface area contributed by atoms with Crippen LogP contribution >= 0.6 is 48.0 Å². The largest absolute Gasteiger partial charge is 0.329 e. The SMILES string of the molecule is CC(=O)C(CN)c1ccc(C)cc1.CN(C)C.I.I. The van der Waals surface area contributed by atoms with Crippen molar-refractivity contribution in [3.63, 3.8) is 0 Å². The van der Waals surface area contributed by atoms with Gasteiger partial charge in [0.05, 0.1) is 5.92 Å². The van der Waals surface area contributed by atoms with E-state index in [9.17, 15) is 4.79 Å². The summed E-state index contributed by atoms with van der Waals surface area (Å²) in [5.41, 5.74) is 7.73. The number of halogens is 2. The summed E-state index contributed by atoms with van der Waals surface area (Å²) in [4.78, 5) is 13.2. The summed E-state index contributed by atoms with van der Waals surface area (Å²) in [6.07, 6.45) is 0. The normalized spacial score (nSPS) is 10.5. The first-order chi connectivity index (χ1) is 7.88. The van der Waals surface area contributed by atoms with Crippen LogP contribution < -0.4 is 5.73 Å². The van der Waals surface area contributed by atoms with Gasteiger partial charge < -0.3 is 10.6 Å². The first-order valence-corrected chi connectivity index (χ1v) is 5.76. The average molecular weight is 492 g/mol. The Bertz CT molecular complexity index is 337. The van der Waals surface area contributed by atoms with Crippen LogP contribution in [0.3, 0.4) is 0 Å². The minimum atomic E-state index is -0.138. The number of hydrogen-bond donors (Lipinski definition) is 1. The molecule has 0 aliphatic heterocycles. The molecule has 0 aromatic heterocycles. The highest BCUT2D eigenvalue weighted by molar-refractivity contribution is 14.0. The third-order valence-electron chi connectivity index (χ3n) is 2.21. The molecular weight excluding hydrogens is 466 g/mol. The van der Waals surface area contributed by atoms with Gasteiger partial charge in [0.1, 0.15) is 5.78 Å². The van der Waals surface area contributed by atoms with Gasteiger partial charge in [0.15, 0.2) is 0 Å². The number of benzene rings is 1. The zero-order chi connectivity index (χ0) is 13.4. The molecule has 2 N–H and O–H groups in total. The number of hydrogen-bond acceptors (Lipinski definition) is 3. The van der Waals surface area contributed by atoms with Crippen molar-refractivity contribution in [2.45, 2.75) is 19.8 Å². The molecule has 1 unspecified atom stereocenters. The first-order valence-electron chi connectivity index (χ1n) is 5.76. The van der Waals surface area contributed by atoms with E-state index >= 15 is 0 Å². The molecule has 1 aromatic carbocycles. The molecule has 0 spiro atoms. The molecule has 112 valence electrons. The molecule has 0 fully saturated rings. The van der Waals surface area contributed by atoms with Crippen LogP contribution in [0, 0.1) is 6.92 Å². The molecule has 0 saturated carbocycles. The fraction of sp³-hybridized carbons (Fsp3) is 0.500. The maximum atomic E-state index is 11.2. The van der Waals surface area contributed by atoms with Crippen LogP contribution in [0.15, 0.2) is 24.3 Å². The minimum Gasteiger partial charge on any atom is -0.329 e. The van der Waals surface area contributed by atoms with Crippen molar-refractivity contribution in [2.24, 2.45) is 5.73 Å². The van der Waals surface area contributed by atoms with Crippen molar-refractivity contribution in [2.75, 3.05) is 27.7 Å². The lowest BCUT2D eigenvalue weighted by molar-refractivity contribution is -0.118. The predicted molar refractivity (Wildman–Crippen MR) is 104 cm³/mol. The Morgan fingerprint density at radius 2 is 1.53 bits per heavy atom. The van der Waals surface area contributed by atoms with E-state index in [0.29, 0.717) is 6.54 Å². The van der Waals surface area contributed by atoms with Crippen LogP contribution in [0.4, 0.5) is 0 Å². The first kappa shape index (κ1) is 24.3. The number of ketones is 1. The Labute approximate surface area is 151 Å². The second-order valence-corrected chi connectivity index (χ2v) is 4.65. The maximum absolute atomic E-state index is 11.2. The Balaban J connectivity index is -0.000000379. The van der Waals surface area contributed by atoms with Gasteiger partial charge in [-0.1, -0.05) is 29.8 Å². The predicted octanol–water partition coefficient (Wildman–Crippen LogP) is 3.04. The topological polar surface area (TPSA) is 46.3 Å². The number of carbonyl (C=O) groups excluding carboxylic acids is 1. The van der Waals surface area contributed by atoms with Crippen LogP contribution in [0.1, 0.15) is 24.0 Å². The molecule has 0 radical (unpaired) electrons. The maximum Gasteiger partial charge on any atom is 0.138 e. The van der Waals surface area contributed by atoms with Gasteiger partial charge in [0.2, 0.25) is 0 Å². The molecule has 0 amide bonds. The molecule has 0 saturated heterocycles. The summed E-state index contributed by atoms with van der Waals surface area (Å²) in [5, 5.41) is 0. The lowest BCUT2D eigenvalue weighted by Gasteiger charge is -2.11. The number of Topliss-reactive ketones (excluding diaryl/α,β-unsaturated/α-hetero) is 1. The van der Waals surface area contributed by atoms with Gasteiger partial charge in [-0.3, -0.25) is 4.79 Å². The molecule has 1 rings (SSSR count). The van der Waals surface area contributed by atoms with Crippen molar-refractivity contribution in [3.05, 3.63) is 35.4 Å². The summed E-state index contributed by atoms with van der Waals surface area (Å²) in [7, 11) is 6.00. The number of aryl methyl sites for hydroxylation is 1. The third kappa shape index (κ3) is 11.8. The summed E-state index contributed by atoms with van der Waals surface area (Å²) in [6.45, 7) is 3.99. The number of nitrogens with zero attached hydrogens (tertiary/aromatic N) is 1. The van der Waals surface area contributed by atoms with E-state index in [4.69, 9.17) is 5.73 Å². The molecule has 5 heteroatoms. The van der Waals surface area contributed by atoms with E-state index in [2.05, 4.69) is 0 Å². The van der Waals surface area contributed by atoms with Crippen molar-refractivity contribution in [1.29, 1.82) is 0 Å². The van der Waals surface area contributed by atoms with Crippen molar-refractivity contribution >= 4 is 53.7 Å². The second-order valence-electron chi connectivity index (χ2n) is 4.65. The second kappa shape index (κ2) is 13.3. The van der Waals surface area contributed by atoms with Gasteiger partial charge in [0, 0.05) is 6.54 Å². The highest BCUT2D eigenvalue weighted by Crippen LogP contribution is 2.15. The highest BCUT2D eigenvalue weighted by atomic mass is 127. The molecule has 0 aliphatic carbocycles. The van der Waals surface area contributed by atoms with Gasteiger partial charge in [-0.2, -0.15) is 0 Å². The van der Waals surface area contributed by atoms with Gasteiger partial charge in [-0.05, 0) is 40.6 Å². The zero-order valence-corrected chi connectivity index (χ0v) is 17.0.